The van der Waals surface area contributed by atoms with Crippen LogP contribution in [0.5, 0.6) is 0 Å². The van der Waals surface area contributed by atoms with E-state index in [4.69, 9.17) is 17.3 Å². The standard InChI is InChI=1S/C17H13ClN6/c18-11-5-1-2-6-12(11)23-16-15(19)17(21-9-20-16)24-10-22-13-7-3-4-8-14(13)24/h1-10H,19H2,(H,20,21,23). The smallest absolute Gasteiger partial charge is 0.167 e. The minimum Gasteiger partial charge on any atom is -0.393 e. The Hall–Kier alpha value is -3.12. The Morgan fingerprint density at radius 1 is 0.958 bits per heavy atom. The maximum atomic E-state index is 6.28. The van der Waals surface area contributed by atoms with Gasteiger partial charge in [0.25, 0.3) is 0 Å². The Labute approximate surface area is 142 Å². The molecular weight excluding hydrogens is 324 g/mol. The van der Waals surface area contributed by atoms with E-state index in [9.17, 15) is 0 Å². The number of imidazole rings is 1. The highest BCUT2D eigenvalue weighted by atomic mass is 35.5. The van der Waals surface area contributed by atoms with E-state index in [1.165, 1.54) is 6.33 Å². The van der Waals surface area contributed by atoms with E-state index in [-0.39, 0.29) is 0 Å². The van der Waals surface area contributed by atoms with Crippen LogP contribution in [0, 0.1) is 0 Å². The molecule has 3 N–H and O–H groups in total. The maximum absolute atomic E-state index is 6.28. The molecule has 4 aromatic rings. The Bertz CT molecular complexity index is 1030. The molecule has 0 bridgehead atoms. The molecule has 24 heavy (non-hydrogen) atoms. The van der Waals surface area contributed by atoms with E-state index in [1.54, 1.807) is 12.4 Å². The number of para-hydroxylation sites is 3. The van der Waals surface area contributed by atoms with E-state index >= 15 is 0 Å². The molecule has 0 fully saturated rings. The molecule has 0 amide bonds. The van der Waals surface area contributed by atoms with Crippen molar-refractivity contribution in [3.63, 3.8) is 0 Å². The molecule has 0 spiro atoms. The molecule has 2 aromatic carbocycles. The van der Waals surface area contributed by atoms with Gasteiger partial charge in [-0.25, -0.2) is 15.0 Å². The molecule has 0 radical (unpaired) electrons. The van der Waals surface area contributed by atoms with Crippen LogP contribution < -0.4 is 11.1 Å². The van der Waals surface area contributed by atoms with Gasteiger partial charge >= 0.3 is 0 Å². The fourth-order valence-corrected chi connectivity index (χ4v) is 2.68. The number of aromatic nitrogens is 4. The van der Waals surface area contributed by atoms with E-state index in [2.05, 4.69) is 20.3 Å². The molecule has 0 saturated heterocycles. The Morgan fingerprint density at radius 3 is 2.62 bits per heavy atom. The zero-order valence-corrected chi connectivity index (χ0v) is 13.3. The van der Waals surface area contributed by atoms with Crippen molar-refractivity contribution in [2.45, 2.75) is 0 Å². The number of nitrogens with one attached hydrogen (secondary N) is 1. The second-order valence-electron chi connectivity index (χ2n) is 5.17. The van der Waals surface area contributed by atoms with Gasteiger partial charge in [-0.2, -0.15) is 0 Å². The Morgan fingerprint density at radius 2 is 1.75 bits per heavy atom. The summed E-state index contributed by atoms with van der Waals surface area (Å²) in [7, 11) is 0. The molecule has 0 aliphatic rings. The number of hydrogen-bond acceptors (Lipinski definition) is 5. The first-order valence-electron chi connectivity index (χ1n) is 7.28. The summed E-state index contributed by atoms with van der Waals surface area (Å²) in [6, 6.07) is 15.2. The molecular formula is C17H13ClN6. The molecule has 0 unspecified atom stereocenters. The van der Waals surface area contributed by atoms with E-state index < -0.39 is 0 Å². The van der Waals surface area contributed by atoms with Crippen LogP contribution in [0.15, 0.2) is 61.2 Å². The highest BCUT2D eigenvalue weighted by Crippen LogP contribution is 2.29. The van der Waals surface area contributed by atoms with E-state index in [0.717, 1.165) is 16.7 Å². The lowest BCUT2D eigenvalue weighted by atomic mass is 10.3. The van der Waals surface area contributed by atoms with Crippen LogP contribution in [0.25, 0.3) is 16.9 Å². The summed E-state index contributed by atoms with van der Waals surface area (Å²) in [5.74, 6) is 1.05. The quantitative estimate of drug-likeness (QED) is 0.594. The van der Waals surface area contributed by atoms with Crippen LogP contribution in [0.2, 0.25) is 5.02 Å². The average Bonchev–Trinajstić information content (AvgIpc) is 3.03. The first-order valence-corrected chi connectivity index (χ1v) is 7.66. The van der Waals surface area contributed by atoms with Crippen molar-refractivity contribution in [3.05, 3.63) is 66.2 Å². The fourth-order valence-electron chi connectivity index (χ4n) is 2.50. The van der Waals surface area contributed by atoms with Gasteiger partial charge < -0.3 is 11.1 Å². The molecule has 0 aliphatic carbocycles. The highest BCUT2D eigenvalue weighted by molar-refractivity contribution is 6.33. The number of rotatable bonds is 3. The number of fused-ring (bicyclic) bond motifs is 1. The topological polar surface area (TPSA) is 81.6 Å². The van der Waals surface area contributed by atoms with Crippen LogP contribution >= 0.6 is 11.6 Å². The predicted octanol–water partition coefficient (Wildman–Crippen LogP) is 3.79. The summed E-state index contributed by atoms with van der Waals surface area (Å²) >= 11 is 6.18. The van der Waals surface area contributed by atoms with Crippen molar-refractivity contribution in [1.29, 1.82) is 0 Å². The van der Waals surface area contributed by atoms with Gasteiger partial charge in [0.15, 0.2) is 11.6 Å². The second-order valence-corrected chi connectivity index (χ2v) is 5.57. The lowest BCUT2D eigenvalue weighted by Crippen LogP contribution is -2.07. The van der Waals surface area contributed by atoms with Crippen LogP contribution in [0.3, 0.4) is 0 Å². The molecule has 0 saturated carbocycles. The first-order chi connectivity index (χ1) is 11.7. The lowest BCUT2D eigenvalue weighted by Gasteiger charge is -2.12. The van der Waals surface area contributed by atoms with Gasteiger partial charge in [0.2, 0.25) is 0 Å². The summed E-state index contributed by atoms with van der Waals surface area (Å²) < 4.78 is 1.84. The number of hydrogen-bond donors (Lipinski definition) is 2. The largest absolute Gasteiger partial charge is 0.393 e. The molecule has 118 valence electrons. The molecule has 7 heteroatoms. The summed E-state index contributed by atoms with van der Waals surface area (Å²) in [5.41, 5.74) is 9.22. The SMILES string of the molecule is Nc1c(Nc2ccccc2Cl)ncnc1-n1cnc2ccccc21. The van der Waals surface area contributed by atoms with Gasteiger partial charge in [0.1, 0.15) is 18.3 Å². The van der Waals surface area contributed by atoms with Gasteiger partial charge in [-0.1, -0.05) is 35.9 Å². The maximum Gasteiger partial charge on any atom is 0.167 e. The number of halogens is 1. The van der Waals surface area contributed by atoms with E-state index in [0.29, 0.717) is 22.3 Å². The van der Waals surface area contributed by atoms with Crippen molar-refractivity contribution in [3.8, 4) is 5.82 Å². The highest BCUT2D eigenvalue weighted by Gasteiger charge is 2.13. The van der Waals surface area contributed by atoms with Crippen LogP contribution in [0.1, 0.15) is 0 Å². The Balaban J connectivity index is 1.80. The summed E-state index contributed by atoms with van der Waals surface area (Å²) in [6.07, 6.45) is 3.16. The summed E-state index contributed by atoms with van der Waals surface area (Å²) in [4.78, 5) is 12.9. The van der Waals surface area contributed by atoms with Gasteiger partial charge in [0.05, 0.1) is 21.7 Å². The van der Waals surface area contributed by atoms with Gasteiger partial charge in [-0.05, 0) is 24.3 Å². The zero-order valence-electron chi connectivity index (χ0n) is 12.5. The van der Waals surface area contributed by atoms with Crippen molar-refractivity contribution in [2.75, 3.05) is 11.1 Å². The number of nitrogen functional groups attached to an aromatic ring is 1. The monoisotopic (exact) mass is 336 g/mol. The third kappa shape index (κ3) is 2.43. The number of benzene rings is 2. The second kappa shape index (κ2) is 5.82. The number of anilines is 3. The normalized spacial score (nSPS) is 10.9. The van der Waals surface area contributed by atoms with Gasteiger partial charge in [-0.3, -0.25) is 4.57 Å². The average molecular weight is 337 g/mol. The third-order valence-electron chi connectivity index (χ3n) is 3.67. The van der Waals surface area contributed by atoms with Crippen molar-refractivity contribution in [1.82, 2.24) is 19.5 Å². The minimum atomic E-state index is 0.417. The molecule has 2 heterocycles. The van der Waals surface area contributed by atoms with Gasteiger partial charge in [0, 0.05) is 0 Å². The van der Waals surface area contributed by atoms with Crippen molar-refractivity contribution < 1.29 is 0 Å². The molecule has 0 aliphatic heterocycles. The molecule has 6 nitrogen and oxygen atoms in total. The van der Waals surface area contributed by atoms with Crippen LogP contribution in [0.4, 0.5) is 17.2 Å². The van der Waals surface area contributed by atoms with Crippen molar-refractivity contribution in [2.24, 2.45) is 0 Å². The van der Waals surface area contributed by atoms with Crippen molar-refractivity contribution >= 4 is 39.8 Å². The number of nitrogens with two attached hydrogens (primary N) is 1. The summed E-state index contributed by atoms with van der Waals surface area (Å²) in [6.45, 7) is 0. The fraction of sp³-hybridized carbons (Fsp3) is 0. The third-order valence-corrected chi connectivity index (χ3v) is 4.00. The first kappa shape index (κ1) is 14.5. The van der Waals surface area contributed by atoms with Crippen LogP contribution in [-0.4, -0.2) is 19.5 Å². The lowest BCUT2D eigenvalue weighted by molar-refractivity contribution is 1.00. The minimum absolute atomic E-state index is 0.417. The zero-order chi connectivity index (χ0) is 16.5. The van der Waals surface area contributed by atoms with E-state index in [1.807, 2.05) is 47.0 Å². The number of nitrogens with zero attached hydrogens (tertiary/aromatic N) is 4. The Kier molecular flexibility index (Phi) is 3.51. The van der Waals surface area contributed by atoms with Gasteiger partial charge in [-0.15, -0.1) is 0 Å². The molecule has 2 aromatic heterocycles. The summed E-state index contributed by atoms with van der Waals surface area (Å²) in [5, 5.41) is 3.74. The predicted molar refractivity (Wildman–Crippen MR) is 95.8 cm³/mol. The van der Waals surface area contributed by atoms with Crippen LogP contribution in [-0.2, 0) is 0 Å². The molecule has 4 rings (SSSR count). The molecule has 0 atom stereocenters.